The molecule has 0 heterocycles. The van der Waals surface area contributed by atoms with Gasteiger partial charge >= 0.3 is 5.97 Å². The highest BCUT2D eigenvalue weighted by atomic mass is 31.2. The average Bonchev–Trinajstić information content (AvgIpc) is 2.38. The summed E-state index contributed by atoms with van der Waals surface area (Å²) in [7, 11) is -3.15. The second-order valence-corrected chi connectivity index (χ2v) is 8.42. The Labute approximate surface area is 127 Å². The van der Waals surface area contributed by atoms with Crippen LogP contribution in [0.3, 0.4) is 0 Å². The van der Waals surface area contributed by atoms with Crippen molar-refractivity contribution in [3.05, 3.63) is 24.3 Å². The fourth-order valence-corrected chi connectivity index (χ4v) is 3.60. The lowest BCUT2D eigenvalue weighted by molar-refractivity contribution is -0.149. The Morgan fingerprint density at radius 2 is 1.90 bits per heavy atom. The van der Waals surface area contributed by atoms with Gasteiger partial charge in [-0.05, 0) is 27.2 Å². The molecule has 21 heavy (non-hydrogen) atoms. The van der Waals surface area contributed by atoms with E-state index in [0.29, 0.717) is 6.42 Å². The first-order chi connectivity index (χ1) is 9.74. The molecule has 1 N–H and O–H groups in total. The van der Waals surface area contributed by atoms with E-state index >= 15 is 0 Å². The molecule has 5 nitrogen and oxygen atoms in total. The van der Waals surface area contributed by atoms with E-state index in [9.17, 15) is 9.36 Å². The molecule has 0 bridgehead atoms. The van der Waals surface area contributed by atoms with E-state index in [1.54, 1.807) is 20.8 Å². The molecule has 0 aromatic carbocycles. The summed E-state index contributed by atoms with van der Waals surface area (Å²) in [5, 5.41) is 2.85. The van der Waals surface area contributed by atoms with Crippen molar-refractivity contribution in [1.82, 2.24) is 5.09 Å². The molecule has 0 radical (unpaired) electrons. The van der Waals surface area contributed by atoms with E-state index in [4.69, 9.17) is 9.26 Å². The minimum Gasteiger partial charge on any atom is -0.462 e. The molecule has 0 aromatic heterocycles. The Balaban J connectivity index is 2.71. The molecule has 0 aromatic rings. The lowest BCUT2D eigenvalue weighted by Crippen LogP contribution is -2.37. The standard InChI is InChI=1S/C15H26NO4P/c1-11(2)19-15(17)13(5)16-21(18,12(3)4)20-14-9-7-6-8-10-14/h6-9,11-14H,10H2,1-5H3,(H,16,18)/t13-,14+,21+/m0/s1. The summed E-state index contributed by atoms with van der Waals surface area (Å²) >= 11 is 0. The summed E-state index contributed by atoms with van der Waals surface area (Å²) in [5.41, 5.74) is -0.230. The molecule has 0 aliphatic heterocycles. The van der Waals surface area contributed by atoms with Crippen LogP contribution in [0.4, 0.5) is 0 Å². The van der Waals surface area contributed by atoms with E-state index in [1.165, 1.54) is 0 Å². The molecule has 1 rings (SSSR count). The molecule has 0 unspecified atom stereocenters. The largest absolute Gasteiger partial charge is 0.462 e. The number of ether oxygens (including phenoxy) is 1. The first kappa shape index (κ1) is 18.1. The second-order valence-electron chi connectivity index (χ2n) is 5.72. The van der Waals surface area contributed by atoms with Gasteiger partial charge in [0.2, 0.25) is 0 Å². The maximum atomic E-state index is 13.0. The van der Waals surface area contributed by atoms with Crippen LogP contribution in [-0.2, 0) is 18.6 Å². The second kappa shape index (κ2) is 7.92. The van der Waals surface area contributed by atoms with Gasteiger partial charge in [-0.25, -0.2) is 5.09 Å². The van der Waals surface area contributed by atoms with Crippen molar-refractivity contribution >= 4 is 13.5 Å². The summed E-state index contributed by atoms with van der Waals surface area (Å²) in [6.07, 6.45) is 7.88. The number of hydrogen-bond donors (Lipinski definition) is 1. The lowest BCUT2D eigenvalue weighted by atomic mass is 10.1. The van der Waals surface area contributed by atoms with Crippen molar-refractivity contribution in [2.45, 2.75) is 64.9 Å². The van der Waals surface area contributed by atoms with Crippen molar-refractivity contribution in [2.24, 2.45) is 0 Å². The van der Waals surface area contributed by atoms with Gasteiger partial charge in [-0.1, -0.05) is 38.2 Å². The summed E-state index contributed by atoms with van der Waals surface area (Å²) < 4.78 is 23.9. The highest BCUT2D eigenvalue weighted by Crippen LogP contribution is 2.50. The first-order valence-corrected chi connectivity index (χ1v) is 9.03. The molecule has 0 spiro atoms. The van der Waals surface area contributed by atoms with Crippen molar-refractivity contribution in [2.75, 3.05) is 0 Å². The number of hydrogen-bond acceptors (Lipinski definition) is 4. The average molecular weight is 315 g/mol. The van der Waals surface area contributed by atoms with E-state index in [0.717, 1.165) is 0 Å². The molecular formula is C15H26NO4P. The number of nitrogens with one attached hydrogen (secondary N) is 1. The number of esters is 1. The molecule has 1 aliphatic carbocycles. The number of carbonyl (C=O) groups excluding carboxylic acids is 1. The summed E-state index contributed by atoms with van der Waals surface area (Å²) in [6.45, 7) is 8.83. The van der Waals surface area contributed by atoms with E-state index in [-0.39, 0.29) is 17.9 Å². The van der Waals surface area contributed by atoms with E-state index in [1.807, 2.05) is 38.2 Å². The van der Waals surface area contributed by atoms with Gasteiger partial charge in [0.15, 0.2) is 0 Å². The van der Waals surface area contributed by atoms with Crippen LogP contribution in [0.1, 0.15) is 41.0 Å². The fourth-order valence-electron chi connectivity index (χ4n) is 1.80. The third-order valence-electron chi connectivity index (χ3n) is 2.99. The lowest BCUT2D eigenvalue weighted by Gasteiger charge is -2.29. The minimum absolute atomic E-state index is 0.201. The van der Waals surface area contributed by atoms with Gasteiger partial charge in [-0.2, -0.15) is 0 Å². The van der Waals surface area contributed by atoms with Crippen LogP contribution in [0.2, 0.25) is 0 Å². The Hall–Kier alpha value is -0.900. The van der Waals surface area contributed by atoms with Gasteiger partial charge < -0.3 is 9.26 Å². The number of carbonyl (C=O) groups is 1. The quantitative estimate of drug-likeness (QED) is 0.576. The molecule has 0 saturated heterocycles. The van der Waals surface area contributed by atoms with Crippen molar-refractivity contribution in [3.8, 4) is 0 Å². The highest BCUT2D eigenvalue weighted by molar-refractivity contribution is 7.57. The van der Waals surface area contributed by atoms with Crippen LogP contribution < -0.4 is 5.09 Å². The highest BCUT2D eigenvalue weighted by Gasteiger charge is 2.34. The van der Waals surface area contributed by atoms with Gasteiger partial charge in [0.1, 0.15) is 6.04 Å². The van der Waals surface area contributed by atoms with Crippen molar-refractivity contribution in [1.29, 1.82) is 0 Å². The van der Waals surface area contributed by atoms with Crippen LogP contribution in [0, 0.1) is 0 Å². The Morgan fingerprint density at radius 3 is 2.38 bits per heavy atom. The molecule has 120 valence electrons. The topological polar surface area (TPSA) is 64.6 Å². The fraction of sp³-hybridized carbons (Fsp3) is 0.667. The normalized spacial score (nSPS) is 22.3. The van der Waals surface area contributed by atoms with Gasteiger partial charge in [0.25, 0.3) is 7.52 Å². The van der Waals surface area contributed by atoms with Crippen molar-refractivity contribution in [3.63, 3.8) is 0 Å². The smallest absolute Gasteiger partial charge is 0.323 e. The first-order valence-electron chi connectivity index (χ1n) is 7.34. The maximum absolute atomic E-state index is 13.0. The Morgan fingerprint density at radius 1 is 1.24 bits per heavy atom. The molecule has 0 amide bonds. The third-order valence-corrected chi connectivity index (χ3v) is 5.68. The minimum atomic E-state index is -3.15. The van der Waals surface area contributed by atoms with Crippen LogP contribution in [-0.4, -0.2) is 29.9 Å². The number of allylic oxidation sites excluding steroid dienone is 2. The zero-order valence-corrected chi connectivity index (χ0v) is 14.3. The molecule has 0 saturated carbocycles. The van der Waals surface area contributed by atoms with E-state index in [2.05, 4.69) is 5.09 Å². The molecule has 0 fully saturated rings. The zero-order chi connectivity index (χ0) is 16.0. The van der Waals surface area contributed by atoms with Gasteiger partial charge in [0, 0.05) is 5.66 Å². The predicted molar refractivity (Wildman–Crippen MR) is 84.3 cm³/mol. The van der Waals surface area contributed by atoms with Crippen LogP contribution in [0.5, 0.6) is 0 Å². The number of rotatable bonds is 7. The monoisotopic (exact) mass is 315 g/mol. The molecular weight excluding hydrogens is 289 g/mol. The van der Waals surface area contributed by atoms with Crippen LogP contribution in [0.25, 0.3) is 0 Å². The van der Waals surface area contributed by atoms with Crippen LogP contribution in [0.15, 0.2) is 24.3 Å². The Kier molecular flexibility index (Phi) is 6.85. The third kappa shape index (κ3) is 5.77. The summed E-state index contributed by atoms with van der Waals surface area (Å²) in [4.78, 5) is 11.9. The van der Waals surface area contributed by atoms with Gasteiger partial charge in [-0.3, -0.25) is 9.36 Å². The SMILES string of the molecule is CC(C)OC(=O)[C@H](C)N[P@](=O)(O[C@@H]1C=CC=CC1)C(C)C. The Bertz CT molecular complexity index is 457. The molecule has 1 aliphatic rings. The summed E-state index contributed by atoms with van der Waals surface area (Å²) in [5.74, 6) is -0.423. The maximum Gasteiger partial charge on any atom is 0.323 e. The van der Waals surface area contributed by atoms with Crippen molar-refractivity contribution < 1.29 is 18.6 Å². The predicted octanol–water partition coefficient (Wildman–Crippen LogP) is 3.42. The van der Waals surface area contributed by atoms with Crippen LogP contribution >= 0.6 is 7.52 Å². The summed E-state index contributed by atoms with van der Waals surface area (Å²) in [6, 6.07) is -0.677. The molecule has 3 atom stereocenters. The zero-order valence-electron chi connectivity index (χ0n) is 13.4. The van der Waals surface area contributed by atoms with Gasteiger partial charge in [0.05, 0.1) is 12.2 Å². The van der Waals surface area contributed by atoms with E-state index < -0.39 is 19.5 Å². The molecule has 6 heteroatoms. The van der Waals surface area contributed by atoms with Gasteiger partial charge in [-0.15, -0.1) is 0 Å².